The number of rotatable bonds is 0. The summed E-state index contributed by atoms with van der Waals surface area (Å²) in [7, 11) is 0. The zero-order valence-corrected chi connectivity index (χ0v) is 6.63. The van der Waals surface area contributed by atoms with Gasteiger partial charge >= 0.3 is 0 Å². The standard InChI is InChI=1S/C7H3ClN4/c8-7-2-1-6(11-12-7)5(3-9)4-10/h1-2,11H. The van der Waals surface area contributed by atoms with Gasteiger partial charge in [-0.3, -0.25) is 5.43 Å². The lowest BCUT2D eigenvalue weighted by molar-refractivity contribution is 0.908. The molecular weight excluding hydrogens is 176 g/mol. The van der Waals surface area contributed by atoms with E-state index in [0.717, 1.165) is 0 Å². The Bertz CT molecular complexity index is 348. The van der Waals surface area contributed by atoms with Crippen molar-refractivity contribution in [1.82, 2.24) is 5.43 Å². The maximum absolute atomic E-state index is 8.46. The fourth-order valence-electron chi connectivity index (χ4n) is 0.625. The molecule has 1 aliphatic heterocycles. The summed E-state index contributed by atoms with van der Waals surface area (Å²) in [5.74, 6) is 0. The zero-order chi connectivity index (χ0) is 8.97. The second-order valence-electron chi connectivity index (χ2n) is 1.89. The van der Waals surface area contributed by atoms with Gasteiger partial charge in [0.2, 0.25) is 0 Å². The number of nitrogens with zero attached hydrogens (tertiary/aromatic N) is 3. The molecule has 0 atom stereocenters. The molecule has 1 rings (SSSR count). The van der Waals surface area contributed by atoms with Crippen LogP contribution in [0.15, 0.2) is 28.5 Å². The van der Waals surface area contributed by atoms with Gasteiger partial charge in [-0.15, -0.1) is 0 Å². The maximum Gasteiger partial charge on any atom is 0.154 e. The molecule has 0 radical (unpaired) electrons. The highest BCUT2D eigenvalue weighted by Crippen LogP contribution is 2.06. The van der Waals surface area contributed by atoms with Crippen molar-refractivity contribution in [2.24, 2.45) is 5.10 Å². The van der Waals surface area contributed by atoms with E-state index in [9.17, 15) is 0 Å². The smallest absolute Gasteiger partial charge is 0.154 e. The summed E-state index contributed by atoms with van der Waals surface area (Å²) < 4.78 is 0. The second kappa shape index (κ2) is 3.56. The van der Waals surface area contributed by atoms with Crippen molar-refractivity contribution in [1.29, 1.82) is 10.5 Å². The summed E-state index contributed by atoms with van der Waals surface area (Å²) in [4.78, 5) is 0. The molecule has 0 unspecified atom stereocenters. The molecule has 0 saturated heterocycles. The van der Waals surface area contributed by atoms with E-state index in [1.54, 1.807) is 12.1 Å². The van der Waals surface area contributed by atoms with Crippen molar-refractivity contribution in [3.8, 4) is 12.1 Å². The average Bonchev–Trinajstić information content (AvgIpc) is 2.10. The Morgan fingerprint density at radius 2 is 2.08 bits per heavy atom. The molecule has 58 valence electrons. The van der Waals surface area contributed by atoms with Gasteiger partial charge in [0, 0.05) is 0 Å². The molecule has 0 aliphatic carbocycles. The molecule has 4 nitrogen and oxygen atoms in total. The molecule has 1 heterocycles. The minimum Gasteiger partial charge on any atom is -0.275 e. The largest absolute Gasteiger partial charge is 0.275 e. The van der Waals surface area contributed by atoms with E-state index in [-0.39, 0.29) is 10.7 Å². The number of hydrogen-bond donors (Lipinski definition) is 1. The van der Waals surface area contributed by atoms with Crippen LogP contribution in [0.25, 0.3) is 0 Å². The van der Waals surface area contributed by atoms with Gasteiger partial charge < -0.3 is 0 Å². The van der Waals surface area contributed by atoms with Crippen molar-refractivity contribution < 1.29 is 0 Å². The number of hydrazone groups is 1. The highest BCUT2D eigenvalue weighted by Gasteiger charge is 2.05. The Kier molecular flexibility index (Phi) is 2.47. The predicted octanol–water partition coefficient (Wildman–Crippen LogP) is 0.999. The van der Waals surface area contributed by atoms with Crippen molar-refractivity contribution in [3.63, 3.8) is 0 Å². The number of nitriles is 2. The monoisotopic (exact) mass is 178 g/mol. The summed E-state index contributed by atoms with van der Waals surface area (Å²) in [5, 5.41) is 20.8. The Balaban J connectivity index is 2.99. The van der Waals surface area contributed by atoms with Crippen LogP contribution in [0.1, 0.15) is 0 Å². The lowest BCUT2D eigenvalue weighted by Gasteiger charge is -2.04. The van der Waals surface area contributed by atoms with Crippen LogP contribution in [-0.4, -0.2) is 5.17 Å². The van der Waals surface area contributed by atoms with Gasteiger partial charge in [0.1, 0.15) is 17.3 Å². The first kappa shape index (κ1) is 8.32. The first-order valence-corrected chi connectivity index (χ1v) is 3.37. The molecule has 5 heteroatoms. The van der Waals surface area contributed by atoms with Crippen LogP contribution in [0, 0.1) is 22.7 Å². The number of allylic oxidation sites excluding steroid dienone is 3. The van der Waals surface area contributed by atoms with Crippen molar-refractivity contribution >= 4 is 16.8 Å². The molecule has 1 aliphatic rings. The fraction of sp³-hybridized carbons (Fsp3) is 0. The maximum atomic E-state index is 8.46. The van der Waals surface area contributed by atoms with E-state index in [1.165, 1.54) is 12.2 Å². The minimum atomic E-state index is -0.0147. The van der Waals surface area contributed by atoms with Crippen molar-refractivity contribution in [2.45, 2.75) is 0 Å². The normalized spacial score (nSPS) is 13.9. The quantitative estimate of drug-likeness (QED) is 0.563. The molecule has 1 N–H and O–H groups in total. The lowest BCUT2D eigenvalue weighted by atomic mass is 10.2. The highest BCUT2D eigenvalue weighted by atomic mass is 35.5. The van der Waals surface area contributed by atoms with Crippen LogP contribution in [0.4, 0.5) is 0 Å². The summed E-state index contributed by atoms with van der Waals surface area (Å²) in [5.41, 5.74) is 2.83. The minimum absolute atomic E-state index is 0.0147. The van der Waals surface area contributed by atoms with E-state index < -0.39 is 0 Å². The first-order valence-electron chi connectivity index (χ1n) is 2.99. The number of nitrogens with one attached hydrogen (secondary N) is 1. The molecule has 0 aromatic heterocycles. The fourth-order valence-corrected chi connectivity index (χ4v) is 0.730. The van der Waals surface area contributed by atoms with E-state index >= 15 is 0 Å². The van der Waals surface area contributed by atoms with E-state index in [2.05, 4.69) is 10.5 Å². The van der Waals surface area contributed by atoms with E-state index in [1.807, 2.05) is 0 Å². The van der Waals surface area contributed by atoms with Gasteiger partial charge in [0.15, 0.2) is 5.57 Å². The average molecular weight is 179 g/mol. The zero-order valence-electron chi connectivity index (χ0n) is 5.87. The van der Waals surface area contributed by atoms with E-state index in [4.69, 9.17) is 22.1 Å². The molecule has 0 fully saturated rings. The highest BCUT2D eigenvalue weighted by molar-refractivity contribution is 6.68. The van der Waals surface area contributed by atoms with Gasteiger partial charge in [-0.2, -0.15) is 15.6 Å². The third-order valence-electron chi connectivity index (χ3n) is 1.16. The number of halogens is 1. The Morgan fingerprint density at radius 3 is 2.50 bits per heavy atom. The van der Waals surface area contributed by atoms with Crippen molar-refractivity contribution in [3.05, 3.63) is 23.4 Å². The van der Waals surface area contributed by atoms with Crippen LogP contribution >= 0.6 is 11.6 Å². The van der Waals surface area contributed by atoms with Gasteiger partial charge in [-0.25, -0.2) is 0 Å². The summed E-state index contributed by atoms with van der Waals surface area (Å²) in [6, 6.07) is 3.46. The molecule has 0 bridgehead atoms. The molecule has 12 heavy (non-hydrogen) atoms. The first-order chi connectivity index (χ1) is 5.77. The second-order valence-corrected chi connectivity index (χ2v) is 2.28. The van der Waals surface area contributed by atoms with Gasteiger partial charge in [-0.1, -0.05) is 11.6 Å². The number of hydrogen-bond acceptors (Lipinski definition) is 4. The van der Waals surface area contributed by atoms with Crippen LogP contribution in [0.3, 0.4) is 0 Å². The Labute approximate surface area is 74.0 Å². The predicted molar refractivity (Wildman–Crippen MR) is 43.8 cm³/mol. The van der Waals surface area contributed by atoms with Gasteiger partial charge in [0.05, 0.1) is 5.70 Å². The van der Waals surface area contributed by atoms with Gasteiger partial charge in [0.25, 0.3) is 0 Å². The van der Waals surface area contributed by atoms with Gasteiger partial charge in [-0.05, 0) is 12.2 Å². The lowest BCUT2D eigenvalue weighted by Crippen LogP contribution is -2.11. The molecule has 0 saturated carbocycles. The van der Waals surface area contributed by atoms with Crippen LogP contribution in [0.5, 0.6) is 0 Å². The Morgan fingerprint density at radius 1 is 1.42 bits per heavy atom. The summed E-state index contributed by atoms with van der Waals surface area (Å²) in [6.45, 7) is 0. The van der Waals surface area contributed by atoms with Crippen LogP contribution in [0.2, 0.25) is 0 Å². The molecule has 0 amide bonds. The van der Waals surface area contributed by atoms with E-state index in [0.29, 0.717) is 5.70 Å². The molecular formula is C7H3ClN4. The summed E-state index contributed by atoms with van der Waals surface area (Å²) >= 11 is 5.49. The van der Waals surface area contributed by atoms with Crippen molar-refractivity contribution in [2.75, 3.05) is 0 Å². The molecule has 0 aromatic carbocycles. The molecule has 0 aromatic rings. The third-order valence-corrected chi connectivity index (χ3v) is 1.37. The topological polar surface area (TPSA) is 72.0 Å². The van der Waals surface area contributed by atoms with Crippen LogP contribution in [-0.2, 0) is 0 Å². The SMILES string of the molecule is N#CC(C#N)=C1C=CC(Cl)=NN1. The van der Waals surface area contributed by atoms with Crippen LogP contribution < -0.4 is 5.43 Å². The summed E-state index contributed by atoms with van der Waals surface area (Å²) in [6.07, 6.45) is 3.03. The third kappa shape index (κ3) is 1.63. The Hall–Kier alpha value is -1.78. The molecule has 0 spiro atoms.